The Bertz CT molecular complexity index is 584. The molecule has 1 heterocycles. The molecular formula is C19H25NO. The van der Waals surface area contributed by atoms with E-state index in [1.54, 1.807) is 0 Å². The average Bonchev–Trinajstić information content (AvgIpc) is 3.06. The molecule has 0 spiro atoms. The third kappa shape index (κ3) is 3.06. The lowest BCUT2D eigenvalue weighted by Crippen LogP contribution is -2.34. The topological polar surface area (TPSA) is 21.3 Å². The first-order valence-electron chi connectivity index (χ1n) is 8.14. The van der Waals surface area contributed by atoms with E-state index >= 15 is 0 Å². The second-order valence-corrected chi connectivity index (χ2v) is 6.20. The van der Waals surface area contributed by atoms with Crippen molar-refractivity contribution in [2.75, 3.05) is 13.1 Å². The van der Waals surface area contributed by atoms with Crippen molar-refractivity contribution in [3.8, 4) is 5.75 Å². The highest BCUT2D eigenvalue weighted by Gasteiger charge is 2.30. The normalized spacial score (nSPS) is 21.3. The minimum atomic E-state index is 0.302. The van der Waals surface area contributed by atoms with Gasteiger partial charge in [-0.05, 0) is 30.3 Å². The van der Waals surface area contributed by atoms with Crippen LogP contribution in [0.15, 0.2) is 42.5 Å². The van der Waals surface area contributed by atoms with Gasteiger partial charge in [-0.2, -0.15) is 0 Å². The summed E-state index contributed by atoms with van der Waals surface area (Å²) in [6, 6.07) is 14.8. The fourth-order valence-corrected chi connectivity index (χ4v) is 3.31. The maximum atomic E-state index is 6.52. The van der Waals surface area contributed by atoms with Gasteiger partial charge in [0.2, 0.25) is 0 Å². The van der Waals surface area contributed by atoms with Gasteiger partial charge in [0.15, 0.2) is 0 Å². The number of hydrogen-bond donors (Lipinski definition) is 1. The Balaban J connectivity index is 1.90. The minimum Gasteiger partial charge on any atom is -0.489 e. The highest BCUT2D eigenvalue weighted by molar-refractivity contribution is 5.88. The molecule has 0 amide bonds. The molecule has 2 aromatic rings. The Kier molecular flexibility index (Phi) is 4.45. The summed E-state index contributed by atoms with van der Waals surface area (Å²) >= 11 is 0. The van der Waals surface area contributed by atoms with Crippen molar-refractivity contribution in [3.63, 3.8) is 0 Å². The summed E-state index contributed by atoms with van der Waals surface area (Å²) in [6.07, 6.45) is 2.68. The van der Waals surface area contributed by atoms with Crippen LogP contribution in [0.2, 0.25) is 0 Å². The van der Waals surface area contributed by atoms with Crippen LogP contribution in [0.5, 0.6) is 5.75 Å². The monoisotopic (exact) mass is 283 g/mol. The minimum absolute atomic E-state index is 0.302. The largest absolute Gasteiger partial charge is 0.489 e. The van der Waals surface area contributed by atoms with Gasteiger partial charge >= 0.3 is 0 Å². The maximum Gasteiger partial charge on any atom is 0.127 e. The molecule has 2 heteroatoms. The lowest BCUT2D eigenvalue weighted by molar-refractivity contribution is 0.0893. The fourth-order valence-electron chi connectivity index (χ4n) is 3.31. The number of nitrogens with one attached hydrogen (secondary N) is 1. The molecule has 1 unspecified atom stereocenters. The molecule has 112 valence electrons. The highest BCUT2D eigenvalue weighted by Crippen LogP contribution is 2.31. The van der Waals surface area contributed by atoms with E-state index in [-0.39, 0.29) is 0 Å². The number of hydrogen-bond acceptors (Lipinski definition) is 2. The standard InChI is InChI=1S/C19H25NO/c1-3-14(2)19(16-11-12-20-13-16)21-18-10-6-8-15-7-4-5-9-17(15)18/h4-10,14,16,19-20H,3,11-13H2,1-2H3/t14?,16-,19+/m0/s1. The first-order chi connectivity index (χ1) is 10.3. The average molecular weight is 283 g/mol. The van der Waals surface area contributed by atoms with E-state index in [0.29, 0.717) is 17.9 Å². The Morgan fingerprint density at radius 2 is 2.00 bits per heavy atom. The lowest BCUT2D eigenvalue weighted by Gasteiger charge is -2.29. The maximum absolute atomic E-state index is 6.52. The zero-order valence-corrected chi connectivity index (χ0v) is 13.0. The van der Waals surface area contributed by atoms with E-state index in [1.165, 1.54) is 17.2 Å². The van der Waals surface area contributed by atoms with Gasteiger partial charge in [0, 0.05) is 17.8 Å². The summed E-state index contributed by atoms with van der Waals surface area (Å²) < 4.78 is 6.52. The molecule has 3 rings (SSSR count). The van der Waals surface area contributed by atoms with Gasteiger partial charge in [-0.25, -0.2) is 0 Å². The number of rotatable bonds is 5. The zero-order valence-electron chi connectivity index (χ0n) is 13.0. The lowest BCUT2D eigenvalue weighted by atomic mass is 9.89. The number of fused-ring (bicyclic) bond motifs is 1. The molecule has 3 atom stereocenters. The van der Waals surface area contributed by atoms with E-state index < -0.39 is 0 Å². The first kappa shape index (κ1) is 14.4. The molecule has 1 fully saturated rings. The van der Waals surface area contributed by atoms with Crippen molar-refractivity contribution in [1.29, 1.82) is 0 Å². The number of benzene rings is 2. The van der Waals surface area contributed by atoms with Crippen LogP contribution < -0.4 is 10.1 Å². The summed E-state index contributed by atoms with van der Waals surface area (Å²) in [6.45, 7) is 6.77. The summed E-state index contributed by atoms with van der Waals surface area (Å²) in [5, 5.41) is 5.95. The molecule has 2 nitrogen and oxygen atoms in total. The zero-order chi connectivity index (χ0) is 14.7. The highest BCUT2D eigenvalue weighted by atomic mass is 16.5. The Hall–Kier alpha value is -1.54. The molecule has 1 aliphatic heterocycles. The van der Waals surface area contributed by atoms with Crippen molar-refractivity contribution in [2.24, 2.45) is 11.8 Å². The van der Waals surface area contributed by atoms with Crippen molar-refractivity contribution >= 4 is 10.8 Å². The Labute approximate surface area is 127 Å². The molecular weight excluding hydrogens is 258 g/mol. The van der Waals surface area contributed by atoms with Crippen LogP contribution >= 0.6 is 0 Å². The third-order valence-electron chi connectivity index (χ3n) is 4.78. The molecule has 1 aliphatic rings. The van der Waals surface area contributed by atoms with Crippen LogP contribution in [-0.2, 0) is 0 Å². The van der Waals surface area contributed by atoms with Gasteiger partial charge in [0.25, 0.3) is 0 Å². The fraction of sp³-hybridized carbons (Fsp3) is 0.474. The van der Waals surface area contributed by atoms with Gasteiger partial charge in [0.05, 0.1) is 0 Å². The second kappa shape index (κ2) is 6.48. The third-order valence-corrected chi connectivity index (χ3v) is 4.78. The molecule has 0 radical (unpaired) electrons. The van der Waals surface area contributed by atoms with Gasteiger partial charge in [-0.15, -0.1) is 0 Å². The van der Waals surface area contributed by atoms with Crippen LogP contribution in [0.25, 0.3) is 10.8 Å². The van der Waals surface area contributed by atoms with E-state index in [0.717, 1.165) is 25.3 Å². The summed E-state index contributed by atoms with van der Waals surface area (Å²) in [5.74, 6) is 2.23. The second-order valence-electron chi connectivity index (χ2n) is 6.20. The Morgan fingerprint density at radius 3 is 2.76 bits per heavy atom. The molecule has 2 aromatic carbocycles. The van der Waals surface area contributed by atoms with Gasteiger partial charge in [0.1, 0.15) is 11.9 Å². The molecule has 1 saturated heterocycles. The van der Waals surface area contributed by atoms with Crippen LogP contribution in [0.4, 0.5) is 0 Å². The molecule has 1 N–H and O–H groups in total. The van der Waals surface area contributed by atoms with Gasteiger partial charge in [-0.1, -0.05) is 56.7 Å². The number of ether oxygens (including phenoxy) is 1. The molecule has 0 aromatic heterocycles. The molecule has 0 saturated carbocycles. The van der Waals surface area contributed by atoms with Crippen LogP contribution in [-0.4, -0.2) is 19.2 Å². The summed E-state index contributed by atoms with van der Waals surface area (Å²) in [4.78, 5) is 0. The first-order valence-corrected chi connectivity index (χ1v) is 8.14. The van der Waals surface area contributed by atoms with Crippen LogP contribution in [0.1, 0.15) is 26.7 Å². The van der Waals surface area contributed by atoms with Gasteiger partial charge in [-0.3, -0.25) is 0 Å². The van der Waals surface area contributed by atoms with Crippen LogP contribution in [0.3, 0.4) is 0 Å². The molecule has 21 heavy (non-hydrogen) atoms. The van der Waals surface area contributed by atoms with Crippen LogP contribution in [0, 0.1) is 11.8 Å². The van der Waals surface area contributed by atoms with Crippen molar-refractivity contribution < 1.29 is 4.74 Å². The van der Waals surface area contributed by atoms with Crippen molar-refractivity contribution in [3.05, 3.63) is 42.5 Å². The van der Waals surface area contributed by atoms with Crippen molar-refractivity contribution in [2.45, 2.75) is 32.8 Å². The summed E-state index contributed by atoms with van der Waals surface area (Å²) in [5.41, 5.74) is 0. The summed E-state index contributed by atoms with van der Waals surface area (Å²) in [7, 11) is 0. The van der Waals surface area contributed by atoms with E-state index in [9.17, 15) is 0 Å². The SMILES string of the molecule is CCC(C)[C@@H](Oc1cccc2ccccc12)[C@H]1CCNC1. The predicted octanol–water partition coefficient (Wildman–Crippen LogP) is 4.24. The van der Waals surface area contributed by atoms with E-state index in [1.807, 2.05) is 0 Å². The molecule has 0 bridgehead atoms. The quantitative estimate of drug-likeness (QED) is 0.886. The predicted molar refractivity (Wildman–Crippen MR) is 88.8 cm³/mol. The van der Waals surface area contributed by atoms with E-state index in [2.05, 4.69) is 61.6 Å². The van der Waals surface area contributed by atoms with Crippen molar-refractivity contribution in [1.82, 2.24) is 5.32 Å². The van der Waals surface area contributed by atoms with E-state index in [4.69, 9.17) is 4.74 Å². The molecule has 0 aliphatic carbocycles. The Morgan fingerprint density at radius 1 is 1.19 bits per heavy atom. The van der Waals surface area contributed by atoms with Gasteiger partial charge < -0.3 is 10.1 Å². The smallest absolute Gasteiger partial charge is 0.127 e.